The number of esters is 1. The van der Waals surface area contributed by atoms with Crippen LogP contribution in [-0.2, 0) is 4.74 Å². The van der Waals surface area contributed by atoms with Crippen LogP contribution >= 0.6 is 11.6 Å². The van der Waals surface area contributed by atoms with Gasteiger partial charge in [-0.1, -0.05) is 11.6 Å². The van der Waals surface area contributed by atoms with Gasteiger partial charge >= 0.3 is 5.97 Å². The number of hydrogen-bond acceptors (Lipinski definition) is 6. The average Bonchev–Trinajstić information content (AvgIpc) is 2.90. The Balaban J connectivity index is 2.01. The summed E-state index contributed by atoms with van der Waals surface area (Å²) in [5.41, 5.74) is 6.99. The molecule has 3 aromatic rings. The molecule has 1 atom stereocenters. The number of aromatic amines is 1. The maximum Gasteiger partial charge on any atom is 0.339 e. The Morgan fingerprint density at radius 2 is 1.96 bits per heavy atom. The number of nitrogens with two attached hydrogens (primary N) is 1. The van der Waals surface area contributed by atoms with E-state index < -0.39 is 11.5 Å². The smallest absolute Gasteiger partial charge is 0.339 e. The first-order chi connectivity index (χ1) is 11.5. The first-order valence-corrected chi connectivity index (χ1v) is 7.47. The Morgan fingerprint density at radius 1 is 1.25 bits per heavy atom. The minimum absolute atomic E-state index is 0.219. The Hall–Kier alpha value is -2.93. The zero-order valence-electron chi connectivity index (χ0n) is 12.6. The van der Waals surface area contributed by atoms with Gasteiger partial charge in [0.1, 0.15) is 12.0 Å². The first-order valence-electron chi connectivity index (χ1n) is 7.03. The quantitative estimate of drug-likeness (QED) is 0.427. The normalized spacial score (nSPS) is 12.1. The number of hydrogen-bond donors (Lipinski definition) is 2. The Morgan fingerprint density at radius 3 is 2.62 bits per heavy atom. The number of nitrogen functional groups attached to an aromatic ring is 1. The van der Waals surface area contributed by atoms with Gasteiger partial charge in [-0.3, -0.25) is 4.79 Å². The molecule has 0 saturated carbocycles. The predicted octanol–water partition coefficient (Wildman–Crippen LogP) is 2.51. The van der Waals surface area contributed by atoms with Crippen molar-refractivity contribution in [2.24, 2.45) is 0 Å². The molecule has 0 bridgehead atoms. The lowest BCUT2D eigenvalue weighted by atomic mass is 10.1. The third-order valence-corrected chi connectivity index (χ3v) is 3.48. The van der Waals surface area contributed by atoms with Crippen molar-refractivity contribution in [2.75, 3.05) is 5.73 Å². The first kappa shape index (κ1) is 15.9. The lowest BCUT2D eigenvalue weighted by Gasteiger charge is -2.05. The summed E-state index contributed by atoms with van der Waals surface area (Å²) in [7, 11) is 0. The summed E-state index contributed by atoms with van der Waals surface area (Å²) in [5, 5.41) is 0.630. The van der Waals surface area contributed by atoms with Crippen LogP contribution in [0.3, 0.4) is 0 Å². The van der Waals surface area contributed by atoms with Gasteiger partial charge in [-0.15, -0.1) is 0 Å². The SMILES string of the molecule is CC(Cl)OC(=O)c1ccc2c(N)c(C(=O)c3cncnc3)[nH]c2c1. The Kier molecular flexibility index (Phi) is 4.18. The van der Waals surface area contributed by atoms with E-state index in [1.807, 2.05) is 0 Å². The highest BCUT2D eigenvalue weighted by molar-refractivity contribution is 6.20. The van der Waals surface area contributed by atoms with E-state index in [4.69, 9.17) is 22.1 Å². The number of ketones is 1. The second-order valence-electron chi connectivity index (χ2n) is 5.08. The van der Waals surface area contributed by atoms with Crippen LogP contribution in [0, 0.1) is 0 Å². The molecule has 8 heteroatoms. The van der Waals surface area contributed by atoms with E-state index in [-0.39, 0.29) is 11.5 Å². The number of nitrogens with zero attached hydrogens (tertiary/aromatic N) is 2. The molecule has 24 heavy (non-hydrogen) atoms. The number of ether oxygens (including phenoxy) is 1. The summed E-state index contributed by atoms with van der Waals surface area (Å²) in [6.45, 7) is 1.54. The molecule has 0 amide bonds. The standard InChI is InChI=1S/C16H13ClN4O3/c1-8(17)24-16(23)9-2-3-11-12(4-9)21-14(13(11)18)15(22)10-5-19-7-20-6-10/h2-8,21H,18H2,1H3. The lowest BCUT2D eigenvalue weighted by molar-refractivity contribution is 0.0472. The van der Waals surface area contributed by atoms with Gasteiger partial charge in [0.05, 0.1) is 16.8 Å². The van der Waals surface area contributed by atoms with E-state index >= 15 is 0 Å². The van der Waals surface area contributed by atoms with Crippen LogP contribution in [0.5, 0.6) is 0 Å². The van der Waals surface area contributed by atoms with Crippen LogP contribution in [0.25, 0.3) is 10.9 Å². The number of nitrogens with one attached hydrogen (secondary N) is 1. The molecule has 1 unspecified atom stereocenters. The van der Waals surface area contributed by atoms with Gasteiger partial charge in [-0.2, -0.15) is 0 Å². The summed E-state index contributed by atoms with van der Waals surface area (Å²) in [4.78, 5) is 35.0. The number of alkyl halides is 1. The van der Waals surface area contributed by atoms with Crippen molar-refractivity contribution in [1.29, 1.82) is 0 Å². The highest BCUT2D eigenvalue weighted by Crippen LogP contribution is 2.27. The fraction of sp³-hybridized carbons (Fsp3) is 0.125. The minimum Gasteiger partial charge on any atom is -0.443 e. The minimum atomic E-state index is -0.739. The highest BCUT2D eigenvalue weighted by Gasteiger charge is 2.19. The van der Waals surface area contributed by atoms with Crippen molar-refractivity contribution in [3.05, 3.63) is 53.7 Å². The maximum atomic E-state index is 12.5. The number of carbonyl (C=O) groups is 2. The molecule has 122 valence electrons. The fourth-order valence-corrected chi connectivity index (χ4v) is 2.38. The van der Waals surface area contributed by atoms with E-state index in [1.54, 1.807) is 25.1 Å². The zero-order valence-corrected chi connectivity index (χ0v) is 13.4. The number of anilines is 1. The van der Waals surface area contributed by atoms with Crippen LogP contribution in [0.4, 0.5) is 5.69 Å². The van der Waals surface area contributed by atoms with Crippen LogP contribution in [0.15, 0.2) is 36.9 Å². The van der Waals surface area contributed by atoms with Gasteiger partial charge in [0.2, 0.25) is 5.78 Å². The molecular formula is C16H13ClN4O3. The van der Waals surface area contributed by atoms with Crippen molar-refractivity contribution in [3.63, 3.8) is 0 Å². The number of benzene rings is 1. The van der Waals surface area contributed by atoms with Crippen LogP contribution in [-0.4, -0.2) is 32.3 Å². The number of aromatic nitrogens is 3. The number of fused-ring (bicyclic) bond motifs is 1. The molecule has 2 aromatic heterocycles. The maximum absolute atomic E-state index is 12.5. The number of H-pyrrole nitrogens is 1. The van der Waals surface area contributed by atoms with E-state index in [0.29, 0.717) is 27.7 Å². The molecule has 3 N–H and O–H groups in total. The molecule has 3 rings (SSSR count). The number of halogens is 1. The summed E-state index contributed by atoms with van der Waals surface area (Å²) >= 11 is 5.65. The van der Waals surface area contributed by atoms with Crippen molar-refractivity contribution < 1.29 is 14.3 Å². The van der Waals surface area contributed by atoms with Gasteiger partial charge < -0.3 is 15.5 Å². The topological polar surface area (TPSA) is 111 Å². The summed E-state index contributed by atoms with van der Waals surface area (Å²) in [6.07, 6.45) is 4.15. The molecule has 1 aromatic carbocycles. The molecule has 0 aliphatic heterocycles. The third-order valence-electron chi connectivity index (χ3n) is 3.39. The van der Waals surface area contributed by atoms with E-state index in [0.717, 1.165) is 0 Å². The van der Waals surface area contributed by atoms with Crippen LogP contribution in [0.1, 0.15) is 33.3 Å². The second-order valence-corrected chi connectivity index (χ2v) is 5.69. The second kappa shape index (κ2) is 6.29. The number of carbonyl (C=O) groups excluding carboxylic acids is 2. The summed E-state index contributed by atoms with van der Waals surface area (Å²) < 4.78 is 4.94. The van der Waals surface area contributed by atoms with Gasteiger partial charge in [0.25, 0.3) is 0 Å². The third kappa shape index (κ3) is 2.93. The molecule has 0 radical (unpaired) electrons. The molecule has 0 aliphatic carbocycles. The Labute approximate surface area is 141 Å². The molecular weight excluding hydrogens is 332 g/mol. The monoisotopic (exact) mass is 344 g/mol. The molecule has 0 saturated heterocycles. The fourth-order valence-electron chi connectivity index (χ4n) is 2.30. The molecule has 7 nitrogen and oxygen atoms in total. The molecule has 2 heterocycles. The molecule has 0 fully saturated rings. The van der Waals surface area contributed by atoms with E-state index in [9.17, 15) is 9.59 Å². The van der Waals surface area contributed by atoms with Crippen molar-refractivity contribution in [2.45, 2.75) is 12.5 Å². The lowest BCUT2D eigenvalue weighted by Crippen LogP contribution is -2.09. The van der Waals surface area contributed by atoms with Gasteiger partial charge in [-0.25, -0.2) is 14.8 Å². The van der Waals surface area contributed by atoms with E-state index in [1.165, 1.54) is 18.7 Å². The largest absolute Gasteiger partial charge is 0.443 e. The molecule has 0 aliphatic rings. The zero-order chi connectivity index (χ0) is 17.3. The van der Waals surface area contributed by atoms with Crippen molar-refractivity contribution >= 4 is 39.9 Å². The highest BCUT2D eigenvalue weighted by atomic mass is 35.5. The van der Waals surface area contributed by atoms with Crippen molar-refractivity contribution in [3.8, 4) is 0 Å². The van der Waals surface area contributed by atoms with Gasteiger partial charge in [-0.05, 0) is 25.1 Å². The van der Waals surface area contributed by atoms with Crippen molar-refractivity contribution in [1.82, 2.24) is 15.0 Å². The summed E-state index contributed by atoms with van der Waals surface area (Å²) in [5.74, 6) is -0.889. The molecule has 0 spiro atoms. The van der Waals surface area contributed by atoms with Crippen LogP contribution in [0.2, 0.25) is 0 Å². The Bertz CT molecular complexity index is 922. The summed E-state index contributed by atoms with van der Waals surface area (Å²) in [6, 6.07) is 4.77. The number of rotatable bonds is 4. The van der Waals surface area contributed by atoms with E-state index in [2.05, 4.69) is 15.0 Å². The van der Waals surface area contributed by atoms with Gasteiger partial charge in [0.15, 0.2) is 5.56 Å². The van der Waals surface area contributed by atoms with Crippen LogP contribution < -0.4 is 5.73 Å². The average molecular weight is 345 g/mol. The van der Waals surface area contributed by atoms with Gasteiger partial charge in [0, 0.05) is 23.3 Å². The predicted molar refractivity (Wildman–Crippen MR) is 88.9 cm³/mol.